The maximum Gasteiger partial charge on any atom is 1.00 e. The molecule has 9 heteroatoms. The quantitative estimate of drug-likeness (QED) is 0.215. The van der Waals surface area contributed by atoms with Crippen molar-refractivity contribution >= 4 is 11.7 Å². The molecule has 0 saturated carbocycles. The van der Waals surface area contributed by atoms with E-state index in [9.17, 15) is 9.90 Å². The summed E-state index contributed by atoms with van der Waals surface area (Å²) in [5.41, 5.74) is 3.46. The molecule has 0 radical (unpaired) electrons. The number of oxime groups is 1. The fourth-order valence-corrected chi connectivity index (χ4v) is 3.21. The molecule has 0 aliphatic carbocycles. The summed E-state index contributed by atoms with van der Waals surface area (Å²) in [6, 6.07) is 25.2. The minimum atomic E-state index is -1.26. The molecule has 8 nitrogen and oxygen atoms in total. The van der Waals surface area contributed by atoms with Gasteiger partial charge in [-0.15, -0.1) is 0 Å². The van der Waals surface area contributed by atoms with E-state index in [4.69, 9.17) is 24.8 Å². The number of nitriles is 2. The van der Waals surface area contributed by atoms with E-state index in [1.807, 2.05) is 30.3 Å². The second kappa shape index (κ2) is 14.6. The number of carboxylic acids is 1. The Morgan fingerprint density at radius 2 is 1.56 bits per heavy atom. The maximum absolute atomic E-state index is 10.8. The number of hydrogen-bond donors (Lipinski definition) is 0. The molecule has 0 aromatic heterocycles. The smallest absolute Gasteiger partial charge is 0.550 e. The predicted octanol–water partition coefficient (Wildman–Crippen LogP) is 0.318. The van der Waals surface area contributed by atoms with Crippen molar-refractivity contribution < 1.29 is 53.8 Å². The van der Waals surface area contributed by atoms with E-state index in [-0.39, 0.29) is 42.6 Å². The van der Waals surface area contributed by atoms with Crippen molar-refractivity contribution in [2.75, 3.05) is 13.7 Å². The van der Waals surface area contributed by atoms with Gasteiger partial charge in [0.15, 0.2) is 0 Å². The average molecular weight is 491 g/mol. The third kappa shape index (κ3) is 8.44. The van der Waals surface area contributed by atoms with Gasteiger partial charge in [0.25, 0.3) is 0 Å². The number of ether oxygens (including phenoxy) is 2. The summed E-state index contributed by atoms with van der Waals surface area (Å²) in [5.74, 6) is -0.776. The summed E-state index contributed by atoms with van der Waals surface area (Å²) in [6.07, 6.45) is -0.350. The summed E-state index contributed by atoms with van der Waals surface area (Å²) in [4.78, 5) is 15.7. The molecule has 176 valence electrons. The third-order valence-corrected chi connectivity index (χ3v) is 5.06. The normalized spacial score (nSPS) is 11.2. The second-order valence-corrected chi connectivity index (χ2v) is 7.46. The van der Waals surface area contributed by atoms with Gasteiger partial charge in [0, 0.05) is 18.0 Å². The van der Waals surface area contributed by atoms with Crippen LogP contribution in [0.25, 0.3) is 0 Å². The average Bonchev–Trinajstić information content (AvgIpc) is 2.89. The summed E-state index contributed by atoms with van der Waals surface area (Å²) >= 11 is 0. The summed E-state index contributed by atoms with van der Waals surface area (Å²) in [5, 5.41) is 32.9. The Kier molecular flexibility index (Phi) is 11.5. The molecule has 0 N–H and O–H groups in total. The molecule has 0 saturated heterocycles. The third-order valence-electron chi connectivity index (χ3n) is 5.06. The van der Waals surface area contributed by atoms with Gasteiger partial charge in [0.1, 0.15) is 37.5 Å². The Morgan fingerprint density at radius 3 is 2.11 bits per heavy atom. The zero-order chi connectivity index (χ0) is 25.0. The molecule has 1 unspecified atom stereocenters. The van der Waals surface area contributed by atoms with Gasteiger partial charge in [-0.1, -0.05) is 41.6 Å². The Labute approximate surface area is 231 Å². The first-order valence-corrected chi connectivity index (χ1v) is 10.7. The Hall–Kier alpha value is -3.82. The number of aliphatic carboxylic acids is 1. The fourth-order valence-electron chi connectivity index (χ4n) is 3.21. The van der Waals surface area contributed by atoms with E-state index in [1.54, 1.807) is 48.5 Å². The monoisotopic (exact) mass is 491 g/mol. The molecule has 0 spiro atoms. The summed E-state index contributed by atoms with van der Waals surface area (Å²) < 4.78 is 11.6. The molecule has 0 fully saturated rings. The minimum Gasteiger partial charge on any atom is -0.550 e. The van der Waals surface area contributed by atoms with Crippen LogP contribution in [-0.2, 0) is 16.2 Å². The van der Waals surface area contributed by atoms with Crippen LogP contribution in [0.1, 0.15) is 34.6 Å². The Bertz CT molecular complexity index is 1250. The number of carbonyl (C=O) groups excluding carboxylic acids is 1. The van der Waals surface area contributed by atoms with Gasteiger partial charge < -0.3 is 24.2 Å². The molecule has 0 aliphatic heterocycles. The largest absolute Gasteiger partial charge is 1.00 e. The van der Waals surface area contributed by atoms with Crippen molar-refractivity contribution in [1.82, 2.24) is 0 Å². The first-order chi connectivity index (χ1) is 17.0. The first kappa shape index (κ1) is 28.4. The van der Waals surface area contributed by atoms with Crippen LogP contribution in [0.4, 0.5) is 0 Å². The predicted molar refractivity (Wildman–Crippen MR) is 125 cm³/mol. The van der Waals surface area contributed by atoms with E-state index < -0.39 is 11.9 Å². The van der Waals surface area contributed by atoms with Crippen molar-refractivity contribution in [1.29, 1.82) is 10.5 Å². The van der Waals surface area contributed by atoms with Crippen molar-refractivity contribution in [2.24, 2.45) is 5.16 Å². The minimum absolute atomic E-state index is 0. The number of hydrogen-bond acceptors (Lipinski definition) is 8. The summed E-state index contributed by atoms with van der Waals surface area (Å²) in [7, 11) is 1.46. The van der Waals surface area contributed by atoms with Crippen LogP contribution in [0.15, 0.2) is 78.0 Å². The van der Waals surface area contributed by atoms with Crippen LogP contribution in [0.5, 0.6) is 11.5 Å². The van der Waals surface area contributed by atoms with E-state index in [1.165, 1.54) is 7.11 Å². The number of rotatable bonds is 11. The first-order valence-electron chi connectivity index (χ1n) is 10.7. The van der Waals surface area contributed by atoms with E-state index in [0.717, 1.165) is 11.1 Å². The van der Waals surface area contributed by atoms with Gasteiger partial charge >= 0.3 is 29.6 Å². The van der Waals surface area contributed by atoms with Gasteiger partial charge in [0.2, 0.25) is 0 Å². The van der Waals surface area contributed by atoms with Crippen LogP contribution in [0, 0.1) is 22.7 Å². The molecule has 0 amide bonds. The SMILES string of the molecule is CO/N=C(/COc1ccc(COc2ccc(C(C#N)CC(=O)[O-])cc2)cc1)c1ccc(C#N)cc1.[Na+]. The second-order valence-electron chi connectivity index (χ2n) is 7.46. The number of carboxylic acid groups (broad SMARTS) is 1. The van der Waals surface area contributed by atoms with Crippen molar-refractivity contribution in [3.05, 3.63) is 95.1 Å². The van der Waals surface area contributed by atoms with E-state index in [0.29, 0.717) is 34.9 Å². The number of benzene rings is 3. The zero-order valence-corrected chi connectivity index (χ0v) is 22.0. The molecule has 1 atom stereocenters. The number of carbonyl (C=O) groups is 1. The molecule has 3 aromatic carbocycles. The zero-order valence-electron chi connectivity index (χ0n) is 20.0. The topological polar surface area (TPSA) is 128 Å². The molecular weight excluding hydrogens is 469 g/mol. The summed E-state index contributed by atoms with van der Waals surface area (Å²) in [6.45, 7) is 0.505. The molecular formula is C27H22N3NaO5. The van der Waals surface area contributed by atoms with Crippen LogP contribution in [0.2, 0.25) is 0 Å². The Morgan fingerprint density at radius 1 is 0.944 bits per heavy atom. The van der Waals surface area contributed by atoms with Gasteiger partial charge in [-0.25, -0.2) is 0 Å². The Balaban J connectivity index is 0.00000456. The van der Waals surface area contributed by atoms with Gasteiger partial charge in [-0.3, -0.25) is 0 Å². The van der Waals surface area contributed by atoms with Gasteiger partial charge in [-0.05, 0) is 47.5 Å². The fraction of sp³-hybridized carbons (Fsp3) is 0.185. The number of nitrogens with zero attached hydrogens (tertiary/aromatic N) is 3. The standard InChI is InChI=1S/C27H23N3O5.Na/c1-33-30-26(22-6-2-19(15-28)3-7-22)18-35-24-10-4-20(5-11-24)17-34-25-12-8-21(9-13-25)23(16-29)14-27(31)32;/h2-13,23H,14,17-18H2,1H3,(H,31,32);/q;+1/p-1/b30-26-;. The van der Waals surface area contributed by atoms with Crippen molar-refractivity contribution in [3.8, 4) is 23.6 Å². The van der Waals surface area contributed by atoms with Crippen LogP contribution >= 0.6 is 0 Å². The molecule has 3 rings (SSSR count). The molecule has 0 bridgehead atoms. The van der Waals surface area contributed by atoms with E-state index in [2.05, 4.69) is 11.2 Å². The molecule has 36 heavy (non-hydrogen) atoms. The van der Waals surface area contributed by atoms with Crippen LogP contribution in [0.3, 0.4) is 0 Å². The van der Waals surface area contributed by atoms with E-state index >= 15 is 0 Å². The van der Waals surface area contributed by atoms with Crippen LogP contribution in [-0.4, -0.2) is 25.4 Å². The maximum atomic E-state index is 10.8. The molecule has 0 heterocycles. The van der Waals surface area contributed by atoms with Crippen molar-refractivity contribution in [3.63, 3.8) is 0 Å². The molecule has 3 aromatic rings. The van der Waals surface area contributed by atoms with Gasteiger partial charge in [-0.2, -0.15) is 10.5 Å². The molecule has 0 aliphatic rings. The van der Waals surface area contributed by atoms with Crippen molar-refractivity contribution in [2.45, 2.75) is 18.9 Å². The van der Waals surface area contributed by atoms with Crippen LogP contribution < -0.4 is 44.1 Å². The van der Waals surface area contributed by atoms with Gasteiger partial charge in [0.05, 0.1) is 23.6 Å².